The molecule has 1 aromatic carbocycles. The maximum Gasteiger partial charge on any atom is 0.233 e. The van der Waals surface area contributed by atoms with Crippen LogP contribution >= 0.6 is 11.6 Å². The zero-order valence-corrected chi connectivity index (χ0v) is 8.90. The largest absolute Gasteiger partial charge is 0.480 e. The Morgan fingerprint density at radius 1 is 1.00 bits per heavy atom. The van der Waals surface area contributed by atoms with Crippen molar-refractivity contribution in [3.63, 3.8) is 0 Å². The topological polar surface area (TPSA) is 35.0 Å². The molecule has 3 nitrogen and oxygen atoms in total. The van der Waals surface area contributed by atoms with Crippen molar-refractivity contribution in [2.45, 2.75) is 0 Å². The van der Waals surface area contributed by atoms with E-state index in [0.29, 0.717) is 10.9 Å². The molecular formula is C11H9ClN2O. The Kier molecular flexibility index (Phi) is 2.83. The van der Waals surface area contributed by atoms with E-state index in [2.05, 4.69) is 10.2 Å². The fourth-order valence-electron chi connectivity index (χ4n) is 1.20. The highest BCUT2D eigenvalue weighted by molar-refractivity contribution is 6.30. The summed E-state index contributed by atoms with van der Waals surface area (Å²) in [6.07, 6.45) is 0. The monoisotopic (exact) mass is 220 g/mol. The second-order valence-electron chi connectivity index (χ2n) is 2.97. The number of nitrogens with zero attached hydrogens (tertiary/aromatic N) is 2. The van der Waals surface area contributed by atoms with Crippen molar-refractivity contribution in [2.24, 2.45) is 0 Å². The maximum absolute atomic E-state index is 5.79. The summed E-state index contributed by atoms with van der Waals surface area (Å²) in [6.45, 7) is 0. The number of hydrogen-bond acceptors (Lipinski definition) is 3. The highest BCUT2D eigenvalue weighted by Crippen LogP contribution is 2.19. The zero-order valence-electron chi connectivity index (χ0n) is 8.14. The van der Waals surface area contributed by atoms with Gasteiger partial charge in [0.15, 0.2) is 0 Å². The second kappa shape index (κ2) is 4.28. The van der Waals surface area contributed by atoms with Crippen LogP contribution in [0.3, 0.4) is 0 Å². The molecule has 15 heavy (non-hydrogen) atoms. The van der Waals surface area contributed by atoms with Crippen LogP contribution in [0.25, 0.3) is 11.3 Å². The Labute approximate surface area is 92.7 Å². The number of halogens is 1. The molecule has 0 fully saturated rings. The van der Waals surface area contributed by atoms with Gasteiger partial charge in [0.1, 0.15) is 0 Å². The number of methoxy groups -OCH3 is 1. The summed E-state index contributed by atoms with van der Waals surface area (Å²) in [4.78, 5) is 0. The van der Waals surface area contributed by atoms with Crippen LogP contribution < -0.4 is 4.74 Å². The van der Waals surface area contributed by atoms with Crippen LogP contribution in [0.5, 0.6) is 5.88 Å². The fourth-order valence-corrected chi connectivity index (χ4v) is 1.33. The summed E-state index contributed by atoms with van der Waals surface area (Å²) in [6, 6.07) is 11.1. The summed E-state index contributed by atoms with van der Waals surface area (Å²) in [7, 11) is 1.56. The lowest BCUT2D eigenvalue weighted by atomic mass is 10.1. The van der Waals surface area contributed by atoms with Gasteiger partial charge in [-0.2, -0.15) is 0 Å². The van der Waals surface area contributed by atoms with Gasteiger partial charge in [0.05, 0.1) is 12.8 Å². The van der Waals surface area contributed by atoms with Crippen LogP contribution in [0.4, 0.5) is 0 Å². The molecule has 2 rings (SSSR count). The third-order valence-corrected chi connectivity index (χ3v) is 2.24. The molecule has 0 saturated heterocycles. The van der Waals surface area contributed by atoms with E-state index >= 15 is 0 Å². The van der Waals surface area contributed by atoms with E-state index < -0.39 is 0 Å². The van der Waals surface area contributed by atoms with Crippen molar-refractivity contribution < 1.29 is 4.74 Å². The van der Waals surface area contributed by atoms with Gasteiger partial charge in [-0.05, 0) is 18.2 Å². The Hall–Kier alpha value is -1.61. The number of aromatic nitrogens is 2. The maximum atomic E-state index is 5.79. The van der Waals surface area contributed by atoms with E-state index in [9.17, 15) is 0 Å². The summed E-state index contributed by atoms with van der Waals surface area (Å²) >= 11 is 5.79. The van der Waals surface area contributed by atoms with Gasteiger partial charge in [-0.25, -0.2) is 0 Å². The number of rotatable bonds is 2. The average molecular weight is 221 g/mol. The lowest BCUT2D eigenvalue weighted by Gasteiger charge is -2.01. The van der Waals surface area contributed by atoms with Gasteiger partial charge >= 0.3 is 0 Å². The van der Waals surface area contributed by atoms with Gasteiger partial charge < -0.3 is 4.74 Å². The number of hydrogen-bond donors (Lipinski definition) is 0. The standard InChI is InChI=1S/C11H9ClN2O/c1-15-11-7-6-10(13-14-11)8-2-4-9(12)5-3-8/h2-7H,1H3. The molecule has 0 amide bonds. The smallest absolute Gasteiger partial charge is 0.233 e. The fraction of sp³-hybridized carbons (Fsp3) is 0.0909. The van der Waals surface area contributed by atoms with Gasteiger partial charge in [0.25, 0.3) is 0 Å². The molecule has 0 aliphatic carbocycles. The minimum atomic E-state index is 0.507. The predicted octanol–water partition coefficient (Wildman–Crippen LogP) is 2.81. The first-order chi connectivity index (χ1) is 7.29. The first-order valence-corrected chi connectivity index (χ1v) is 4.81. The van der Waals surface area contributed by atoms with Crippen molar-refractivity contribution in [3.05, 3.63) is 41.4 Å². The van der Waals surface area contributed by atoms with Crippen LogP contribution in [0.15, 0.2) is 36.4 Å². The van der Waals surface area contributed by atoms with Gasteiger partial charge in [-0.15, -0.1) is 10.2 Å². The molecule has 0 aliphatic heterocycles. The quantitative estimate of drug-likeness (QED) is 0.781. The van der Waals surface area contributed by atoms with Crippen molar-refractivity contribution in [3.8, 4) is 17.1 Å². The second-order valence-corrected chi connectivity index (χ2v) is 3.40. The number of benzene rings is 1. The van der Waals surface area contributed by atoms with Crippen molar-refractivity contribution in [1.29, 1.82) is 0 Å². The molecule has 4 heteroatoms. The lowest BCUT2D eigenvalue weighted by Crippen LogP contribution is -1.91. The molecule has 0 saturated carbocycles. The predicted molar refractivity (Wildman–Crippen MR) is 59.0 cm³/mol. The molecule has 0 bridgehead atoms. The summed E-state index contributed by atoms with van der Waals surface area (Å²) in [5.41, 5.74) is 1.78. The Balaban J connectivity index is 2.33. The van der Waals surface area contributed by atoms with Crippen LogP contribution in [0.1, 0.15) is 0 Å². The van der Waals surface area contributed by atoms with E-state index in [1.54, 1.807) is 13.2 Å². The molecule has 1 heterocycles. The van der Waals surface area contributed by atoms with Crippen LogP contribution in [0.2, 0.25) is 5.02 Å². The van der Waals surface area contributed by atoms with Crippen LogP contribution in [-0.2, 0) is 0 Å². The normalized spacial score (nSPS) is 10.0. The Morgan fingerprint density at radius 3 is 2.27 bits per heavy atom. The Bertz CT molecular complexity index is 439. The summed E-state index contributed by atoms with van der Waals surface area (Å²) in [5.74, 6) is 0.507. The molecule has 2 aromatic rings. The van der Waals surface area contributed by atoms with Gasteiger partial charge in [0.2, 0.25) is 5.88 Å². The van der Waals surface area contributed by atoms with E-state index in [-0.39, 0.29) is 0 Å². The SMILES string of the molecule is COc1ccc(-c2ccc(Cl)cc2)nn1. The van der Waals surface area contributed by atoms with Crippen molar-refractivity contribution in [2.75, 3.05) is 7.11 Å². The molecule has 1 aromatic heterocycles. The molecule has 76 valence electrons. The van der Waals surface area contributed by atoms with Gasteiger partial charge in [0, 0.05) is 16.7 Å². The minimum absolute atomic E-state index is 0.507. The van der Waals surface area contributed by atoms with Crippen molar-refractivity contribution >= 4 is 11.6 Å². The van der Waals surface area contributed by atoms with Crippen LogP contribution in [-0.4, -0.2) is 17.3 Å². The first-order valence-electron chi connectivity index (χ1n) is 4.43. The minimum Gasteiger partial charge on any atom is -0.480 e. The van der Waals surface area contributed by atoms with E-state index in [1.165, 1.54) is 0 Å². The average Bonchev–Trinajstić information content (AvgIpc) is 2.30. The third kappa shape index (κ3) is 2.25. The molecule has 0 aliphatic rings. The molecule has 0 unspecified atom stereocenters. The highest BCUT2D eigenvalue weighted by atomic mass is 35.5. The van der Waals surface area contributed by atoms with E-state index in [4.69, 9.17) is 16.3 Å². The molecule has 0 radical (unpaired) electrons. The van der Waals surface area contributed by atoms with Crippen molar-refractivity contribution in [1.82, 2.24) is 10.2 Å². The summed E-state index contributed by atoms with van der Waals surface area (Å²) < 4.78 is 4.93. The van der Waals surface area contributed by atoms with E-state index in [1.807, 2.05) is 30.3 Å². The number of ether oxygens (including phenoxy) is 1. The first kappa shape index (κ1) is 9.93. The van der Waals surface area contributed by atoms with Gasteiger partial charge in [-0.3, -0.25) is 0 Å². The lowest BCUT2D eigenvalue weighted by molar-refractivity contribution is 0.392. The summed E-state index contributed by atoms with van der Waals surface area (Å²) in [5, 5.41) is 8.63. The highest BCUT2D eigenvalue weighted by Gasteiger charge is 2.00. The van der Waals surface area contributed by atoms with Crippen LogP contribution in [0, 0.1) is 0 Å². The van der Waals surface area contributed by atoms with E-state index in [0.717, 1.165) is 11.3 Å². The molecule has 0 spiro atoms. The third-order valence-electron chi connectivity index (χ3n) is 1.99. The molecule has 0 N–H and O–H groups in total. The molecule has 0 atom stereocenters. The zero-order chi connectivity index (χ0) is 10.7. The van der Waals surface area contributed by atoms with Gasteiger partial charge in [-0.1, -0.05) is 23.7 Å². The molecular weight excluding hydrogens is 212 g/mol. The Morgan fingerprint density at radius 2 is 1.73 bits per heavy atom.